The fourth-order valence-electron chi connectivity index (χ4n) is 2.36. The summed E-state index contributed by atoms with van der Waals surface area (Å²) < 4.78 is 0. The van der Waals surface area contributed by atoms with Crippen LogP contribution in [-0.2, 0) is 4.79 Å². The van der Waals surface area contributed by atoms with Gasteiger partial charge in [0.15, 0.2) is 0 Å². The zero-order chi connectivity index (χ0) is 17.9. The molecule has 3 atom stereocenters. The molecule has 0 aliphatic carbocycles. The predicted octanol–water partition coefficient (Wildman–Crippen LogP) is 4.74. The molecular formula is C18H25Cl2N3OS. The minimum atomic E-state index is -0.491. The van der Waals surface area contributed by atoms with E-state index >= 15 is 0 Å². The van der Waals surface area contributed by atoms with Crippen molar-refractivity contribution in [3.63, 3.8) is 0 Å². The van der Waals surface area contributed by atoms with Crippen LogP contribution < -0.4 is 11.1 Å². The molecule has 2 aromatic rings. The second kappa shape index (κ2) is 9.53. The Bertz CT molecular complexity index is 703. The van der Waals surface area contributed by atoms with Crippen molar-refractivity contribution < 1.29 is 4.79 Å². The van der Waals surface area contributed by atoms with Crippen molar-refractivity contribution in [2.75, 3.05) is 0 Å². The van der Waals surface area contributed by atoms with Crippen molar-refractivity contribution in [1.29, 1.82) is 0 Å². The molecule has 25 heavy (non-hydrogen) atoms. The highest BCUT2D eigenvalue weighted by Gasteiger charge is 2.23. The van der Waals surface area contributed by atoms with Gasteiger partial charge in [0.1, 0.15) is 5.01 Å². The summed E-state index contributed by atoms with van der Waals surface area (Å²) in [5, 5.41) is 4.55. The molecule has 0 radical (unpaired) electrons. The molecule has 4 nitrogen and oxygen atoms in total. The van der Waals surface area contributed by atoms with E-state index < -0.39 is 6.04 Å². The van der Waals surface area contributed by atoms with E-state index in [1.165, 1.54) is 0 Å². The van der Waals surface area contributed by atoms with Gasteiger partial charge in [0, 0.05) is 15.5 Å². The van der Waals surface area contributed by atoms with Crippen LogP contribution in [0, 0.1) is 12.8 Å². The highest BCUT2D eigenvalue weighted by atomic mass is 35.5. The zero-order valence-electron chi connectivity index (χ0n) is 14.9. The monoisotopic (exact) mass is 401 g/mol. The van der Waals surface area contributed by atoms with Gasteiger partial charge in [0.2, 0.25) is 5.91 Å². The average Bonchev–Trinajstić information content (AvgIpc) is 2.96. The third-order valence-electron chi connectivity index (χ3n) is 4.22. The summed E-state index contributed by atoms with van der Waals surface area (Å²) in [5.74, 6) is 0.0256. The van der Waals surface area contributed by atoms with E-state index in [0.29, 0.717) is 5.02 Å². The molecule has 1 amide bonds. The Balaban J connectivity index is 0.00000312. The maximum absolute atomic E-state index is 12.3. The Morgan fingerprint density at radius 1 is 1.32 bits per heavy atom. The summed E-state index contributed by atoms with van der Waals surface area (Å²) in [4.78, 5) is 18.1. The highest BCUT2D eigenvalue weighted by Crippen LogP contribution is 2.31. The summed E-state index contributed by atoms with van der Waals surface area (Å²) in [7, 11) is 0. The number of nitrogens with two attached hydrogens (primary N) is 1. The van der Waals surface area contributed by atoms with Gasteiger partial charge in [-0.05, 0) is 31.9 Å². The maximum atomic E-state index is 12.3. The summed E-state index contributed by atoms with van der Waals surface area (Å²) in [6, 6.07) is 6.95. The van der Waals surface area contributed by atoms with Crippen LogP contribution in [0.15, 0.2) is 24.3 Å². The van der Waals surface area contributed by atoms with E-state index in [4.69, 9.17) is 22.3 Å². The van der Waals surface area contributed by atoms with Crippen LogP contribution in [0.4, 0.5) is 0 Å². The molecule has 0 saturated heterocycles. The number of hydrogen-bond donors (Lipinski definition) is 2. The van der Waals surface area contributed by atoms with Crippen LogP contribution >= 0.6 is 35.3 Å². The molecule has 0 fully saturated rings. The largest absolute Gasteiger partial charge is 0.346 e. The van der Waals surface area contributed by atoms with E-state index in [1.54, 1.807) is 11.3 Å². The number of benzene rings is 1. The van der Waals surface area contributed by atoms with Gasteiger partial charge in [-0.1, -0.05) is 44.0 Å². The van der Waals surface area contributed by atoms with Gasteiger partial charge >= 0.3 is 0 Å². The molecule has 2 rings (SSSR count). The lowest BCUT2D eigenvalue weighted by Crippen LogP contribution is -2.45. The number of hydrogen-bond acceptors (Lipinski definition) is 4. The van der Waals surface area contributed by atoms with Crippen LogP contribution in [-0.4, -0.2) is 16.9 Å². The number of carbonyl (C=O) groups excluding carboxylic acids is 1. The number of thiazole rings is 1. The van der Waals surface area contributed by atoms with Gasteiger partial charge in [0.05, 0.1) is 17.8 Å². The highest BCUT2D eigenvalue weighted by molar-refractivity contribution is 7.12. The molecule has 1 heterocycles. The summed E-state index contributed by atoms with van der Waals surface area (Å²) in [6.07, 6.45) is 0.875. The number of nitrogens with one attached hydrogen (secondary N) is 1. The van der Waals surface area contributed by atoms with E-state index in [2.05, 4.69) is 5.32 Å². The van der Waals surface area contributed by atoms with Crippen LogP contribution in [0.25, 0.3) is 11.3 Å². The first kappa shape index (κ1) is 21.9. The lowest BCUT2D eigenvalue weighted by molar-refractivity contribution is -0.124. The number of rotatable bonds is 6. The second-order valence-corrected chi connectivity index (χ2v) is 7.78. The zero-order valence-corrected chi connectivity index (χ0v) is 17.3. The molecule has 0 aliphatic rings. The predicted molar refractivity (Wildman–Crippen MR) is 109 cm³/mol. The fourth-order valence-corrected chi connectivity index (χ4v) is 3.43. The van der Waals surface area contributed by atoms with Crippen molar-refractivity contribution >= 4 is 41.3 Å². The van der Waals surface area contributed by atoms with E-state index in [1.807, 2.05) is 52.0 Å². The van der Waals surface area contributed by atoms with Crippen LogP contribution in [0.1, 0.15) is 43.1 Å². The molecule has 1 aromatic carbocycles. The normalized spacial score (nSPS) is 14.3. The lowest BCUT2D eigenvalue weighted by Gasteiger charge is -2.20. The molecule has 0 aliphatic heterocycles. The van der Waals surface area contributed by atoms with Gasteiger partial charge in [-0.3, -0.25) is 4.79 Å². The van der Waals surface area contributed by atoms with Gasteiger partial charge in [-0.15, -0.1) is 23.7 Å². The number of carbonyl (C=O) groups is 1. The van der Waals surface area contributed by atoms with E-state index in [-0.39, 0.29) is 30.3 Å². The second-order valence-electron chi connectivity index (χ2n) is 6.11. The van der Waals surface area contributed by atoms with E-state index in [0.717, 1.165) is 27.6 Å². The van der Waals surface area contributed by atoms with Crippen molar-refractivity contribution in [2.24, 2.45) is 11.7 Å². The average molecular weight is 402 g/mol. The SMILES string of the molecule is CCC(C)C(N)C(=O)NC(C)c1nc(-c2ccc(Cl)cc2)c(C)s1.Cl. The smallest absolute Gasteiger partial charge is 0.237 e. The van der Waals surface area contributed by atoms with Gasteiger partial charge in [-0.2, -0.15) is 0 Å². The quantitative estimate of drug-likeness (QED) is 0.733. The van der Waals surface area contributed by atoms with Crippen LogP contribution in [0.3, 0.4) is 0 Å². The Labute approximate surface area is 164 Å². The first-order chi connectivity index (χ1) is 11.3. The molecular weight excluding hydrogens is 377 g/mol. The summed E-state index contributed by atoms with van der Waals surface area (Å²) in [6.45, 7) is 7.99. The van der Waals surface area contributed by atoms with Crippen molar-refractivity contribution in [1.82, 2.24) is 10.3 Å². The fraction of sp³-hybridized carbons (Fsp3) is 0.444. The molecule has 7 heteroatoms. The van der Waals surface area contributed by atoms with Crippen LogP contribution in [0.2, 0.25) is 5.02 Å². The third-order valence-corrected chi connectivity index (χ3v) is 5.63. The van der Waals surface area contributed by atoms with Gasteiger partial charge in [0.25, 0.3) is 0 Å². The standard InChI is InChI=1S/C18H24ClN3OS.ClH/c1-5-10(2)15(20)17(23)21-11(3)18-22-16(12(4)24-18)13-6-8-14(19)9-7-13;/h6-11,15H,5,20H2,1-4H3,(H,21,23);1H. The van der Waals surface area contributed by atoms with Crippen molar-refractivity contribution in [3.05, 3.63) is 39.2 Å². The molecule has 1 aromatic heterocycles. The Morgan fingerprint density at radius 2 is 1.92 bits per heavy atom. The minimum Gasteiger partial charge on any atom is -0.346 e. The Hall–Kier alpha value is -1.14. The van der Waals surface area contributed by atoms with E-state index in [9.17, 15) is 4.79 Å². The van der Waals surface area contributed by atoms with Gasteiger partial charge in [-0.25, -0.2) is 4.98 Å². The van der Waals surface area contributed by atoms with Crippen LogP contribution in [0.5, 0.6) is 0 Å². The number of halogens is 2. The molecule has 3 unspecified atom stereocenters. The molecule has 0 saturated carbocycles. The topological polar surface area (TPSA) is 68.0 Å². The molecule has 0 bridgehead atoms. The maximum Gasteiger partial charge on any atom is 0.237 e. The minimum absolute atomic E-state index is 0. The molecule has 3 N–H and O–H groups in total. The first-order valence-electron chi connectivity index (χ1n) is 8.12. The van der Waals surface area contributed by atoms with Gasteiger partial charge < -0.3 is 11.1 Å². The Morgan fingerprint density at radius 3 is 2.48 bits per heavy atom. The molecule has 0 spiro atoms. The van der Waals surface area contributed by atoms with Crippen molar-refractivity contribution in [3.8, 4) is 11.3 Å². The third kappa shape index (κ3) is 5.42. The summed E-state index contributed by atoms with van der Waals surface area (Å²) in [5.41, 5.74) is 7.95. The molecule has 138 valence electrons. The first-order valence-corrected chi connectivity index (χ1v) is 9.32. The Kier molecular flexibility index (Phi) is 8.35. The number of aromatic nitrogens is 1. The lowest BCUT2D eigenvalue weighted by atomic mass is 9.99. The summed E-state index contributed by atoms with van der Waals surface area (Å²) >= 11 is 7.53. The number of nitrogens with zero attached hydrogens (tertiary/aromatic N) is 1. The van der Waals surface area contributed by atoms with Crippen molar-refractivity contribution in [2.45, 2.75) is 46.2 Å². The number of aryl methyl sites for hydroxylation is 1. The number of amides is 1.